The minimum atomic E-state index is 0.0697. The summed E-state index contributed by atoms with van der Waals surface area (Å²) in [6.45, 7) is 7.88. The van der Waals surface area contributed by atoms with Crippen molar-refractivity contribution in [2.24, 2.45) is 11.3 Å². The molecule has 0 aromatic carbocycles. The van der Waals surface area contributed by atoms with E-state index in [-0.39, 0.29) is 5.41 Å². The Labute approximate surface area is 107 Å². The Morgan fingerprint density at radius 1 is 1.18 bits per heavy atom. The van der Waals surface area contributed by atoms with Gasteiger partial charge in [-0.05, 0) is 38.0 Å². The third-order valence-corrected chi connectivity index (χ3v) is 4.60. The van der Waals surface area contributed by atoms with Gasteiger partial charge in [0, 0.05) is 24.6 Å². The molecule has 0 aromatic heterocycles. The minimum Gasteiger partial charge on any atom is -0.396 e. The summed E-state index contributed by atoms with van der Waals surface area (Å²) >= 11 is 0. The van der Waals surface area contributed by atoms with E-state index in [1.165, 1.54) is 38.5 Å². The quantitative estimate of drug-likeness (QED) is 0.716. The second-order valence-electron chi connectivity index (χ2n) is 6.21. The van der Waals surface area contributed by atoms with E-state index in [1.807, 2.05) is 0 Å². The molecule has 1 aliphatic carbocycles. The molecule has 102 valence electrons. The van der Waals surface area contributed by atoms with E-state index in [4.69, 9.17) is 0 Å². The first-order valence-electron chi connectivity index (χ1n) is 7.47. The Hall–Kier alpha value is -0.0800. The van der Waals surface area contributed by atoms with Crippen molar-refractivity contribution < 1.29 is 5.11 Å². The van der Waals surface area contributed by atoms with Crippen LogP contribution in [0.15, 0.2) is 0 Å². The lowest BCUT2D eigenvalue weighted by Gasteiger charge is -2.33. The van der Waals surface area contributed by atoms with Crippen molar-refractivity contribution in [3.63, 3.8) is 0 Å². The predicted molar refractivity (Wildman–Crippen MR) is 74.1 cm³/mol. The standard InChI is InChI=1S/C15H31NO/c1-4-6-13-7-9-14(10-8-13)16-11-15(3,5-2)12-17/h13-14,16-17H,4-12H2,1-3H3. The highest BCUT2D eigenvalue weighted by Gasteiger charge is 2.25. The fourth-order valence-electron chi connectivity index (χ4n) is 2.75. The van der Waals surface area contributed by atoms with Crippen molar-refractivity contribution >= 4 is 0 Å². The van der Waals surface area contributed by atoms with Gasteiger partial charge in [0.25, 0.3) is 0 Å². The lowest BCUT2D eigenvalue weighted by atomic mass is 9.82. The first kappa shape index (κ1) is 15.0. The molecular weight excluding hydrogens is 210 g/mol. The van der Waals surface area contributed by atoms with E-state index in [2.05, 4.69) is 26.1 Å². The van der Waals surface area contributed by atoms with E-state index < -0.39 is 0 Å². The van der Waals surface area contributed by atoms with Gasteiger partial charge < -0.3 is 10.4 Å². The molecule has 2 nitrogen and oxygen atoms in total. The van der Waals surface area contributed by atoms with Gasteiger partial charge in [-0.15, -0.1) is 0 Å². The summed E-state index contributed by atoms with van der Waals surface area (Å²) in [7, 11) is 0. The molecule has 1 fully saturated rings. The van der Waals surface area contributed by atoms with E-state index in [9.17, 15) is 5.11 Å². The highest BCUT2D eigenvalue weighted by molar-refractivity contribution is 4.81. The van der Waals surface area contributed by atoms with Gasteiger partial charge in [0.15, 0.2) is 0 Å². The molecule has 0 heterocycles. The Kier molecular flexibility index (Phi) is 6.50. The Bertz CT molecular complexity index is 193. The molecular formula is C15H31NO. The van der Waals surface area contributed by atoms with Crippen LogP contribution < -0.4 is 5.32 Å². The summed E-state index contributed by atoms with van der Waals surface area (Å²) in [6.07, 6.45) is 9.24. The van der Waals surface area contributed by atoms with Crippen molar-refractivity contribution in [3.05, 3.63) is 0 Å². The van der Waals surface area contributed by atoms with Crippen LogP contribution in [0, 0.1) is 11.3 Å². The van der Waals surface area contributed by atoms with E-state index >= 15 is 0 Å². The molecule has 17 heavy (non-hydrogen) atoms. The second kappa shape index (κ2) is 7.38. The van der Waals surface area contributed by atoms with Crippen LogP contribution >= 0.6 is 0 Å². The Morgan fingerprint density at radius 2 is 1.82 bits per heavy atom. The minimum absolute atomic E-state index is 0.0697. The fraction of sp³-hybridized carbons (Fsp3) is 1.00. The summed E-state index contributed by atoms with van der Waals surface area (Å²) in [6, 6.07) is 0.695. The van der Waals surface area contributed by atoms with Gasteiger partial charge >= 0.3 is 0 Å². The molecule has 1 rings (SSSR count). The van der Waals surface area contributed by atoms with Crippen LogP contribution in [0.25, 0.3) is 0 Å². The van der Waals surface area contributed by atoms with Crippen LogP contribution in [0.3, 0.4) is 0 Å². The highest BCUT2D eigenvalue weighted by Crippen LogP contribution is 2.28. The number of aliphatic hydroxyl groups excluding tert-OH is 1. The fourth-order valence-corrected chi connectivity index (χ4v) is 2.75. The second-order valence-corrected chi connectivity index (χ2v) is 6.21. The predicted octanol–water partition coefficient (Wildman–Crippen LogP) is 3.34. The zero-order valence-corrected chi connectivity index (χ0v) is 12.0. The topological polar surface area (TPSA) is 32.3 Å². The maximum atomic E-state index is 9.39. The zero-order chi connectivity index (χ0) is 12.7. The number of hydrogen-bond acceptors (Lipinski definition) is 2. The normalized spacial score (nSPS) is 28.9. The molecule has 1 aliphatic rings. The van der Waals surface area contributed by atoms with Crippen LogP contribution in [-0.4, -0.2) is 24.3 Å². The molecule has 2 heteroatoms. The van der Waals surface area contributed by atoms with E-state index in [0.717, 1.165) is 18.9 Å². The van der Waals surface area contributed by atoms with Crippen LogP contribution in [0.5, 0.6) is 0 Å². The zero-order valence-electron chi connectivity index (χ0n) is 12.0. The van der Waals surface area contributed by atoms with Crippen LogP contribution in [0.4, 0.5) is 0 Å². The molecule has 1 atom stereocenters. The third kappa shape index (κ3) is 4.97. The van der Waals surface area contributed by atoms with Gasteiger partial charge in [-0.1, -0.05) is 33.6 Å². The van der Waals surface area contributed by atoms with Crippen molar-refractivity contribution in [1.29, 1.82) is 0 Å². The lowest BCUT2D eigenvalue weighted by Crippen LogP contribution is -2.41. The molecule has 0 saturated heterocycles. The molecule has 2 N–H and O–H groups in total. The van der Waals surface area contributed by atoms with E-state index in [1.54, 1.807) is 0 Å². The molecule has 0 aliphatic heterocycles. The van der Waals surface area contributed by atoms with Crippen molar-refractivity contribution in [3.8, 4) is 0 Å². The van der Waals surface area contributed by atoms with Crippen molar-refractivity contribution in [2.75, 3.05) is 13.2 Å². The lowest BCUT2D eigenvalue weighted by molar-refractivity contribution is 0.127. The summed E-state index contributed by atoms with van der Waals surface area (Å²) in [5, 5.41) is 13.1. The highest BCUT2D eigenvalue weighted by atomic mass is 16.3. The number of hydrogen-bond donors (Lipinski definition) is 2. The van der Waals surface area contributed by atoms with Gasteiger partial charge in [-0.3, -0.25) is 0 Å². The monoisotopic (exact) mass is 241 g/mol. The Morgan fingerprint density at radius 3 is 2.29 bits per heavy atom. The van der Waals surface area contributed by atoms with Crippen LogP contribution in [0.1, 0.15) is 65.7 Å². The molecule has 0 aromatic rings. The van der Waals surface area contributed by atoms with E-state index in [0.29, 0.717) is 12.6 Å². The number of nitrogens with one attached hydrogen (secondary N) is 1. The molecule has 0 amide bonds. The van der Waals surface area contributed by atoms with Crippen molar-refractivity contribution in [2.45, 2.75) is 71.8 Å². The van der Waals surface area contributed by atoms with Gasteiger partial charge in [-0.2, -0.15) is 0 Å². The Balaban J connectivity index is 2.22. The van der Waals surface area contributed by atoms with Gasteiger partial charge in [0.1, 0.15) is 0 Å². The number of aliphatic hydroxyl groups is 1. The molecule has 0 radical (unpaired) electrons. The molecule has 1 saturated carbocycles. The molecule has 1 unspecified atom stereocenters. The average molecular weight is 241 g/mol. The largest absolute Gasteiger partial charge is 0.396 e. The third-order valence-electron chi connectivity index (χ3n) is 4.60. The number of rotatable bonds is 7. The SMILES string of the molecule is CCCC1CCC(NCC(C)(CC)CO)CC1. The maximum absolute atomic E-state index is 9.39. The van der Waals surface area contributed by atoms with Crippen LogP contribution in [-0.2, 0) is 0 Å². The smallest absolute Gasteiger partial charge is 0.0496 e. The summed E-state index contributed by atoms with van der Waals surface area (Å²) in [4.78, 5) is 0. The van der Waals surface area contributed by atoms with Gasteiger partial charge in [0.2, 0.25) is 0 Å². The first-order chi connectivity index (χ1) is 8.13. The van der Waals surface area contributed by atoms with Gasteiger partial charge in [-0.25, -0.2) is 0 Å². The molecule has 0 bridgehead atoms. The first-order valence-corrected chi connectivity index (χ1v) is 7.47. The molecule has 0 spiro atoms. The average Bonchev–Trinajstić information content (AvgIpc) is 2.38. The van der Waals surface area contributed by atoms with Crippen LogP contribution in [0.2, 0.25) is 0 Å². The maximum Gasteiger partial charge on any atom is 0.0496 e. The van der Waals surface area contributed by atoms with Crippen molar-refractivity contribution in [1.82, 2.24) is 5.32 Å². The summed E-state index contributed by atoms with van der Waals surface area (Å²) in [5.74, 6) is 0.980. The van der Waals surface area contributed by atoms with Gasteiger partial charge in [0.05, 0.1) is 0 Å². The summed E-state index contributed by atoms with van der Waals surface area (Å²) < 4.78 is 0. The summed E-state index contributed by atoms with van der Waals surface area (Å²) in [5.41, 5.74) is 0.0697.